The number of allylic oxidation sites excluding steroid dienone is 3. The molecule has 1 N–H and O–H groups in total. The standard InChI is InChI=1S/C22H16BrClN2O3/c1-28-20-8-4-13(9-21(20)29-2)18(24)6-3-14(11-25)22(27)17-12-26-19-7-5-15(23)10-16(17)19/h3-10,12,26H,1-2H3/b14-3+,18-6-. The SMILES string of the molecule is COc1ccc(/C(Cl)=C/C=C(\C#N)C(=O)c2c[nH]c3ccc(Br)cc23)cc1OC. The summed E-state index contributed by atoms with van der Waals surface area (Å²) in [6.07, 6.45) is 4.53. The lowest BCUT2D eigenvalue weighted by Gasteiger charge is -2.08. The van der Waals surface area contributed by atoms with E-state index >= 15 is 0 Å². The normalized spacial score (nSPS) is 12.0. The van der Waals surface area contributed by atoms with Gasteiger partial charge in [-0.3, -0.25) is 4.79 Å². The number of ketones is 1. The number of aromatic nitrogens is 1. The number of hydrogen-bond acceptors (Lipinski definition) is 4. The minimum atomic E-state index is -0.384. The number of benzene rings is 2. The number of ether oxygens (including phenoxy) is 2. The molecule has 1 heterocycles. The maximum Gasteiger partial charge on any atom is 0.205 e. The van der Waals surface area contributed by atoms with Crippen molar-refractivity contribution in [2.45, 2.75) is 0 Å². The van der Waals surface area contributed by atoms with Crippen molar-refractivity contribution in [3.8, 4) is 17.6 Å². The molecule has 1 aromatic heterocycles. The fourth-order valence-corrected chi connectivity index (χ4v) is 3.37. The molecule has 0 atom stereocenters. The average molecular weight is 472 g/mol. The molecule has 5 nitrogen and oxygen atoms in total. The van der Waals surface area contributed by atoms with Crippen LogP contribution in [0.15, 0.2) is 64.8 Å². The summed E-state index contributed by atoms with van der Waals surface area (Å²) in [6, 6.07) is 12.7. The third kappa shape index (κ3) is 4.37. The van der Waals surface area contributed by atoms with Crippen molar-refractivity contribution in [3.63, 3.8) is 0 Å². The van der Waals surface area contributed by atoms with Gasteiger partial charge in [-0.1, -0.05) is 27.5 Å². The fraction of sp³-hybridized carbons (Fsp3) is 0.0909. The van der Waals surface area contributed by atoms with Gasteiger partial charge in [0, 0.05) is 32.2 Å². The van der Waals surface area contributed by atoms with Crippen LogP contribution in [0.3, 0.4) is 0 Å². The molecule has 0 unspecified atom stereocenters. The largest absolute Gasteiger partial charge is 0.493 e. The molecule has 0 amide bonds. The third-order valence-corrected chi connectivity index (χ3v) is 5.15. The summed E-state index contributed by atoms with van der Waals surface area (Å²) in [5.41, 5.74) is 1.88. The Morgan fingerprint density at radius 1 is 1.14 bits per heavy atom. The van der Waals surface area contributed by atoms with Crippen molar-refractivity contribution in [2.75, 3.05) is 14.2 Å². The maximum atomic E-state index is 12.9. The highest BCUT2D eigenvalue weighted by molar-refractivity contribution is 9.10. The second-order valence-corrected chi connectivity index (χ2v) is 7.32. The molecule has 29 heavy (non-hydrogen) atoms. The quantitative estimate of drug-likeness (QED) is 0.211. The lowest BCUT2D eigenvalue weighted by Crippen LogP contribution is -2.00. The van der Waals surface area contributed by atoms with Crippen LogP contribution < -0.4 is 9.47 Å². The van der Waals surface area contributed by atoms with Crippen LogP contribution in [0, 0.1) is 11.3 Å². The second-order valence-electron chi connectivity index (χ2n) is 6.00. The molecule has 0 radical (unpaired) electrons. The number of aromatic amines is 1. The topological polar surface area (TPSA) is 75.1 Å². The van der Waals surface area contributed by atoms with Crippen LogP contribution in [0.2, 0.25) is 0 Å². The molecule has 2 aromatic carbocycles. The minimum Gasteiger partial charge on any atom is -0.493 e. The molecule has 0 aliphatic carbocycles. The molecule has 7 heteroatoms. The van der Waals surface area contributed by atoms with Crippen molar-refractivity contribution in [3.05, 3.63) is 75.9 Å². The Labute approximate surface area is 181 Å². The zero-order valence-electron chi connectivity index (χ0n) is 15.6. The van der Waals surface area contributed by atoms with Gasteiger partial charge in [0.25, 0.3) is 0 Å². The van der Waals surface area contributed by atoms with Crippen molar-refractivity contribution in [2.24, 2.45) is 0 Å². The van der Waals surface area contributed by atoms with Gasteiger partial charge in [0.05, 0.1) is 14.2 Å². The summed E-state index contributed by atoms with van der Waals surface area (Å²) < 4.78 is 11.3. The number of methoxy groups -OCH3 is 2. The van der Waals surface area contributed by atoms with Crippen molar-refractivity contribution in [1.29, 1.82) is 5.26 Å². The van der Waals surface area contributed by atoms with Crippen molar-refractivity contribution >= 4 is 49.2 Å². The summed E-state index contributed by atoms with van der Waals surface area (Å²) in [5.74, 6) is 0.723. The number of fused-ring (bicyclic) bond motifs is 1. The van der Waals surface area contributed by atoms with Gasteiger partial charge in [-0.25, -0.2) is 0 Å². The first-order chi connectivity index (χ1) is 14.0. The Balaban J connectivity index is 1.94. The Morgan fingerprint density at radius 2 is 1.90 bits per heavy atom. The molecule has 3 aromatic rings. The van der Waals surface area contributed by atoms with Gasteiger partial charge in [0.15, 0.2) is 11.5 Å². The fourth-order valence-electron chi connectivity index (χ4n) is 2.83. The molecule has 146 valence electrons. The molecular weight excluding hydrogens is 456 g/mol. The van der Waals surface area contributed by atoms with Gasteiger partial charge in [-0.05, 0) is 54.1 Å². The van der Waals surface area contributed by atoms with E-state index in [0.717, 1.165) is 15.4 Å². The number of Topliss-reactive ketones (excluding diaryl/α,β-unsaturated/α-hetero) is 1. The van der Waals surface area contributed by atoms with E-state index in [-0.39, 0.29) is 11.4 Å². The van der Waals surface area contributed by atoms with E-state index in [9.17, 15) is 10.1 Å². The lowest BCUT2D eigenvalue weighted by atomic mass is 10.0. The molecule has 0 saturated carbocycles. The molecule has 0 spiro atoms. The highest BCUT2D eigenvalue weighted by atomic mass is 79.9. The summed E-state index contributed by atoms with van der Waals surface area (Å²) >= 11 is 9.77. The average Bonchev–Trinajstić information content (AvgIpc) is 3.16. The second kappa shape index (κ2) is 8.99. The Morgan fingerprint density at radius 3 is 2.59 bits per heavy atom. The predicted molar refractivity (Wildman–Crippen MR) is 117 cm³/mol. The van der Waals surface area contributed by atoms with E-state index < -0.39 is 0 Å². The van der Waals surface area contributed by atoms with Crippen molar-refractivity contribution < 1.29 is 14.3 Å². The highest BCUT2D eigenvalue weighted by Crippen LogP contribution is 2.32. The Hall–Kier alpha value is -3.01. The van der Waals surface area contributed by atoms with E-state index in [1.54, 1.807) is 31.5 Å². The summed E-state index contributed by atoms with van der Waals surface area (Å²) in [6.45, 7) is 0. The predicted octanol–water partition coefficient (Wildman–Crippen LogP) is 5.86. The Kier molecular flexibility index (Phi) is 6.42. The van der Waals surface area contributed by atoms with Gasteiger partial charge < -0.3 is 14.5 Å². The summed E-state index contributed by atoms with van der Waals surface area (Å²) in [5, 5.41) is 10.6. The molecule has 0 bridgehead atoms. The minimum absolute atomic E-state index is 0.0236. The number of nitrogens with zero attached hydrogens (tertiary/aromatic N) is 1. The van der Waals surface area contributed by atoms with Crippen LogP contribution in [0.25, 0.3) is 15.9 Å². The number of rotatable bonds is 6. The van der Waals surface area contributed by atoms with Crippen LogP contribution in [0.5, 0.6) is 11.5 Å². The Bertz CT molecular complexity index is 1190. The van der Waals surface area contributed by atoms with E-state index in [1.807, 2.05) is 24.3 Å². The van der Waals surface area contributed by atoms with Crippen molar-refractivity contribution in [1.82, 2.24) is 4.98 Å². The van der Waals surface area contributed by atoms with Gasteiger partial charge in [0.1, 0.15) is 11.6 Å². The number of carbonyl (C=O) groups excluding carboxylic acids is 1. The maximum absolute atomic E-state index is 12.9. The van der Waals surface area contributed by atoms with Gasteiger partial charge in [0.2, 0.25) is 5.78 Å². The molecule has 0 aliphatic rings. The lowest BCUT2D eigenvalue weighted by molar-refractivity contribution is 0.104. The third-order valence-electron chi connectivity index (χ3n) is 4.31. The highest BCUT2D eigenvalue weighted by Gasteiger charge is 2.16. The number of halogens is 2. The number of hydrogen-bond donors (Lipinski definition) is 1. The monoisotopic (exact) mass is 470 g/mol. The van der Waals surface area contributed by atoms with Gasteiger partial charge >= 0.3 is 0 Å². The smallest absolute Gasteiger partial charge is 0.205 e. The number of carbonyl (C=O) groups is 1. The molecular formula is C22H16BrClN2O3. The summed E-state index contributed by atoms with van der Waals surface area (Å²) in [7, 11) is 3.08. The van der Waals surface area contributed by atoms with E-state index in [1.165, 1.54) is 19.3 Å². The van der Waals surface area contributed by atoms with Crippen LogP contribution in [0.4, 0.5) is 0 Å². The molecule has 0 saturated heterocycles. The van der Waals surface area contributed by atoms with Crippen LogP contribution >= 0.6 is 27.5 Å². The van der Waals surface area contributed by atoms with Crippen LogP contribution in [-0.2, 0) is 0 Å². The molecule has 0 fully saturated rings. The van der Waals surface area contributed by atoms with Gasteiger partial charge in [-0.2, -0.15) is 5.26 Å². The van der Waals surface area contributed by atoms with Crippen LogP contribution in [0.1, 0.15) is 15.9 Å². The first-order valence-corrected chi connectivity index (χ1v) is 9.67. The van der Waals surface area contributed by atoms with E-state index in [0.29, 0.717) is 27.7 Å². The first-order valence-electron chi connectivity index (χ1n) is 8.49. The molecule has 0 aliphatic heterocycles. The zero-order valence-corrected chi connectivity index (χ0v) is 18.0. The van der Waals surface area contributed by atoms with E-state index in [2.05, 4.69) is 20.9 Å². The first kappa shape index (κ1) is 20.7. The number of H-pyrrole nitrogens is 1. The zero-order chi connectivity index (χ0) is 21.0. The molecule has 3 rings (SSSR count). The number of nitriles is 1. The number of nitrogens with one attached hydrogen (secondary N) is 1. The van der Waals surface area contributed by atoms with E-state index in [4.69, 9.17) is 21.1 Å². The van der Waals surface area contributed by atoms with Crippen LogP contribution in [-0.4, -0.2) is 25.0 Å². The van der Waals surface area contributed by atoms with Gasteiger partial charge in [-0.15, -0.1) is 0 Å². The summed E-state index contributed by atoms with van der Waals surface area (Å²) in [4.78, 5) is 15.9.